The lowest BCUT2D eigenvalue weighted by Gasteiger charge is -1.99. The summed E-state index contributed by atoms with van der Waals surface area (Å²) in [7, 11) is 0. The number of benzene rings is 1. The predicted molar refractivity (Wildman–Crippen MR) is 61.3 cm³/mol. The molecule has 0 saturated carbocycles. The van der Waals surface area contributed by atoms with Crippen LogP contribution in [0, 0.1) is 5.82 Å². The van der Waals surface area contributed by atoms with Crippen molar-refractivity contribution in [2.45, 2.75) is 0 Å². The Morgan fingerprint density at radius 1 is 1.31 bits per heavy atom. The molecule has 0 saturated heterocycles. The van der Waals surface area contributed by atoms with E-state index in [0.717, 1.165) is 6.07 Å². The summed E-state index contributed by atoms with van der Waals surface area (Å²) in [4.78, 5) is 11.8. The minimum absolute atomic E-state index is 0.0866. The van der Waals surface area contributed by atoms with Gasteiger partial charge >= 0.3 is 0 Å². The molecule has 0 aliphatic rings. The Balaban J connectivity index is 2.38. The number of furan rings is 1. The largest absolute Gasteiger partial charge is 0.446 e. The summed E-state index contributed by atoms with van der Waals surface area (Å²) in [6.45, 7) is 0. The van der Waals surface area contributed by atoms with Gasteiger partial charge in [-0.2, -0.15) is 0 Å². The number of ketones is 1. The summed E-state index contributed by atoms with van der Waals surface area (Å²) >= 11 is 8.68. The second-order valence-electron chi connectivity index (χ2n) is 3.06. The molecule has 82 valence electrons. The van der Waals surface area contributed by atoms with Crippen molar-refractivity contribution < 1.29 is 13.6 Å². The normalized spacial score (nSPS) is 10.4. The minimum Gasteiger partial charge on any atom is -0.446 e. The monoisotopic (exact) mass is 302 g/mol. The second-order valence-corrected chi connectivity index (χ2v) is 4.25. The average molecular weight is 304 g/mol. The van der Waals surface area contributed by atoms with Crippen molar-refractivity contribution in [1.29, 1.82) is 0 Å². The maximum Gasteiger partial charge on any atom is 0.228 e. The predicted octanol–water partition coefficient (Wildman–Crippen LogP) is 4.07. The van der Waals surface area contributed by atoms with Gasteiger partial charge in [0.05, 0.1) is 5.02 Å². The van der Waals surface area contributed by atoms with Crippen molar-refractivity contribution in [3.63, 3.8) is 0 Å². The van der Waals surface area contributed by atoms with Gasteiger partial charge in [-0.3, -0.25) is 4.79 Å². The van der Waals surface area contributed by atoms with Crippen LogP contribution >= 0.6 is 27.5 Å². The lowest BCUT2D eigenvalue weighted by Crippen LogP contribution is -1.99. The fourth-order valence-corrected chi connectivity index (χ4v) is 1.70. The topological polar surface area (TPSA) is 30.2 Å². The van der Waals surface area contributed by atoms with Crippen LogP contribution in [0.5, 0.6) is 0 Å². The van der Waals surface area contributed by atoms with E-state index in [2.05, 4.69) is 15.9 Å². The number of carbonyl (C=O) groups excluding carboxylic acids is 1. The van der Waals surface area contributed by atoms with Gasteiger partial charge in [0.15, 0.2) is 10.4 Å². The van der Waals surface area contributed by atoms with Gasteiger partial charge in [-0.15, -0.1) is 0 Å². The number of rotatable bonds is 2. The molecule has 16 heavy (non-hydrogen) atoms. The molecule has 0 aliphatic carbocycles. The Kier molecular flexibility index (Phi) is 3.12. The molecule has 0 spiro atoms. The molecule has 0 aliphatic heterocycles. The van der Waals surface area contributed by atoms with Crippen LogP contribution in [0.2, 0.25) is 5.02 Å². The highest BCUT2D eigenvalue weighted by Crippen LogP contribution is 2.21. The maximum absolute atomic E-state index is 12.9. The van der Waals surface area contributed by atoms with Crippen LogP contribution in [0.1, 0.15) is 16.1 Å². The molecule has 0 atom stereocenters. The van der Waals surface area contributed by atoms with Crippen molar-refractivity contribution >= 4 is 33.3 Å². The van der Waals surface area contributed by atoms with E-state index in [9.17, 15) is 9.18 Å². The number of hydrogen-bond acceptors (Lipinski definition) is 2. The van der Waals surface area contributed by atoms with Crippen LogP contribution in [-0.2, 0) is 0 Å². The van der Waals surface area contributed by atoms with Gasteiger partial charge in [-0.05, 0) is 46.3 Å². The quantitative estimate of drug-likeness (QED) is 0.783. The maximum atomic E-state index is 12.9. The van der Waals surface area contributed by atoms with E-state index in [-0.39, 0.29) is 22.1 Å². The highest BCUT2D eigenvalue weighted by molar-refractivity contribution is 9.10. The zero-order valence-electron chi connectivity index (χ0n) is 7.84. The van der Waals surface area contributed by atoms with Gasteiger partial charge in [-0.1, -0.05) is 11.6 Å². The first-order valence-corrected chi connectivity index (χ1v) is 5.50. The van der Waals surface area contributed by atoms with Gasteiger partial charge in [-0.25, -0.2) is 4.39 Å². The third kappa shape index (κ3) is 2.18. The third-order valence-electron chi connectivity index (χ3n) is 1.98. The van der Waals surface area contributed by atoms with Gasteiger partial charge in [0.25, 0.3) is 0 Å². The lowest BCUT2D eigenvalue weighted by atomic mass is 10.1. The molecule has 0 bridgehead atoms. The van der Waals surface area contributed by atoms with Crippen LogP contribution in [0.4, 0.5) is 4.39 Å². The smallest absolute Gasteiger partial charge is 0.228 e. The first kappa shape index (κ1) is 11.4. The second kappa shape index (κ2) is 4.39. The van der Waals surface area contributed by atoms with E-state index in [1.807, 2.05) is 0 Å². The highest BCUT2D eigenvalue weighted by Gasteiger charge is 2.14. The summed E-state index contributed by atoms with van der Waals surface area (Å²) in [6, 6.07) is 6.92. The third-order valence-corrected chi connectivity index (χ3v) is 2.69. The molecule has 0 fully saturated rings. The molecule has 0 unspecified atom stereocenters. The van der Waals surface area contributed by atoms with Crippen molar-refractivity contribution in [2.75, 3.05) is 0 Å². The molecular formula is C11H5BrClFO2. The number of carbonyl (C=O) groups is 1. The van der Waals surface area contributed by atoms with Gasteiger partial charge in [0, 0.05) is 5.56 Å². The molecular weight excluding hydrogens is 298 g/mol. The highest BCUT2D eigenvalue weighted by atomic mass is 79.9. The van der Waals surface area contributed by atoms with Gasteiger partial charge in [0.2, 0.25) is 5.78 Å². The minimum atomic E-state index is -0.557. The average Bonchev–Trinajstić information content (AvgIpc) is 2.68. The summed E-state index contributed by atoms with van der Waals surface area (Å²) in [5.41, 5.74) is 0.285. The van der Waals surface area contributed by atoms with Gasteiger partial charge < -0.3 is 4.42 Å². The standard InChI is InChI=1S/C11H5BrClFO2/c12-10-4-3-9(16-10)11(15)6-1-2-8(14)7(13)5-6/h1-5H. The van der Waals surface area contributed by atoms with Gasteiger partial charge in [0.1, 0.15) is 5.82 Å². The van der Waals surface area contributed by atoms with E-state index in [0.29, 0.717) is 4.67 Å². The van der Waals surface area contributed by atoms with Crippen LogP contribution < -0.4 is 0 Å². The van der Waals surface area contributed by atoms with E-state index in [1.165, 1.54) is 18.2 Å². The van der Waals surface area contributed by atoms with Crippen molar-refractivity contribution in [1.82, 2.24) is 0 Å². The zero-order valence-corrected chi connectivity index (χ0v) is 10.2. The molecule has 2 aromatic rings. The first-order valence-electron chi connectivity index (χ1n) is 4.33. The molecule has 1 aromatic heterocycles. The zero-order chi connectivity index (χ0) is 11.7. The number of halogens is 3. The summed E-state index contributed by atoms with van der Waals surface area (Å²) in [6.07, 6.45) is 0. The van der Waals surface area contributed by atoms with Crippen LogP contribution in [-0.4, -0.2) is 5.78 Å². The number of hydrogen-bond donors (Lipinski definition) is 0. The van der Waals surface area contributed by atoms with Crippen LogP contribution in [0.3, 0.4) is 0 Å². The Bertz CT molecular complexity index is 551. The van der Waals surface area contributed by atoms with E-state index in [4.69, 9.17) is 16.0 Å². The van der Waals surface area contributed by atoms with E-state index in [1.54, 1.807) is 6.07 Å². The van der Waals surface area contributed by atoms with Crippen LogP contribution in [0.15, 0.2) is 39.4 Å². The molecule has 0 radical (unpaired) electrons. The molecule has 2 rings (SSSR count). The van der Waals surface area contributed by atoms with E-state index < -0.39 is 5.82 Å². The fourth-order valence-electron chi connectivity index (χ4n) is 1.22. The lowest BCUT2D eigenvalue weighted by molar-refractivity contribution is 0.101. The SMILES string of the molecule is O=C(c1ccc(F)c(Cl)c1)c1ccc(Br)o1. The van der Waals surface area contributed by atoms with E-state index >= 15 is 0 Å². The summed E-state index contributed by atoms with van der Waals surface area (Å²) in [5, 5.41) is -0.0866. The molecule has 1 aromatic carbocycles. The summed E-state index contributed by atoms with van der Waals surface area (Å²) in [5.74, 6) is -0.721. The molecule has 5 heteroatoms. The Morgan fingerprint density at radius 3 is 2.62 bits per heavy atom. The molecule has 0 N–H and O–H groups in total. The van der Waals surface area contributed by atoms with Crippen molar-refractivity contribution in [2.24, 2.45) is 0 Å². The van der Waals surface area contributed by atoms with Crippen molar-refractivity contribution in [3.05, 3.63) is 57.2 Å². The Morgan fingerprint density at radius 2 is 2.06 bits per heavy atom. The van der Waals surface area contributed by atoms with Crippen molar-refractivity contribution in [3.8, 4) is 0 Å². The molecule has 1 heterocycles. The molecule has 0 amide bonds. The summed E-state index contributed by atoms with van der Waals surface area (Å²) < 4.78 is 18.5. The fraction of sp³-hybridized carbons (Fsp3) is 0. The Hall–Kier alpha value is -1.13. The van der Waals surface area contributed by atoms with Crippen LogP contribution in [0.25, 0.3) is 0 Å². The first-order chi connectivity index (χ1) is 7.58. The Labute approximate surface area is 104 Å². The molecule has 2 nitrogen and oxygen atoms in total.